The zero-order chi connectivity index (χ0) is 28.7. The Bertz CT molecular complexity index is 1600. The molecule has 0 spiro atoms. The Morgan fingerprint density at radius 3 is 2.55 bits per heavy atom. The van der Waals surface area contributed by atoms with Crippen molar-refractivity contribution in [3.8, 4) is 17.1 Å². The summed E-state index contributed by atoms with van der Waals surface area (Å²) >= 11 is 0. The third kappa shape index (κ3) is 6.45. The highest BCUT2D eigenvalue weighted by molar-refractivity contribution is 7.92. The second kappa shape index (κ2) is 13.2. The van der Waals surface area contributed by atoms with Gasteiger partial charge in [-0.15, -0.1) is 5.10 Å². The fourth-order valence-electron chi connectivity index (χ4n) is 4.96. The minimum atomic E-state index is -3.85. The molecular weight excluding hydrogens is 528 g/mol. The van der Waals surface area contributed by atoms with Gasteiger partial charge in [-0.05, 0) is 56.9 Å². The number of nitrogens with one attached hydrogen (secondary N) is 1. The molecule has 0 aliphatic carbocycles. The summed E-state index contributed by atoms with van der Waals surface area (Å²) in [7, 11) is -3.85. The van der Waals surface area contributed by atoms with E-state index >= 15 is 0 Å². The van der Waals surface area contributed by atoms with Crippen LogP contribution in [0.1, 0.15) is 63.0 Å². The van der Waals surface area contributed by atoms with E-state index in [-0.39, 0.29) is 35.7 Å². The zero-order valence-electron chi connectivity index (χ0n) is 23.4. The number of nitrogens with zero attached hydrogens (tertiary/aromatic N) is 3. The van der Waals surface area contributed by atoms with Crippen LogP contribution in [-0.2, 0) is 22.7 Å². The van der Waals surface area contributed by atoms with Gasteiger partial charge in [0.1, 0.15) is 11.6 Å². The molecule has 0 aliphatic heterocycles. The third-order valence-electron chi connectivity index (χ3n) is 7.03. The Kier molecular flexibility index (Phi) is 9.76. The molecule has 1 unspecified atom stereocenters. The largest absolute Gasteiger partial charge is 0.493 e. The molecule has 0 saturated carbocycles. The van der Waals surface area contributed by atoms with E-state index < -0.39 is 15.1 Å². The molecule has 0 saturated heterocycles. The molecule has 0 aliphatic rings. The first kappa shape index (κ1) is 29.5. The highest BCUT2D eigenvalue weighted by Gasteiger charge is 2.29. The van der Waals surface area contributed by atoms with Crippen molar-refractivity contribution in [2.75, 3.05) is 13.2 Å². The van der Waals surface area contributed by atoms with Gasteiger partial charge in [-0.2, -0.15) is 0 Å². The molecule has 2 aromatic carbocycles. The topological polar surface area (TPSA) is 127 Å². The van der Waals surface area contributed by atoms with Gasteiger partial charge >= 0.3 is 0 Å². The van der Waals surface area contributed by atoms with Crippen LogP contribution in [0.3, 0.4) is 0 Å². The third-order valence-corrected chi connectivity index (χ3v) is 9.22. The summed E-state index contributed by atoms with van der Waals surface area (Å²) in [5.41, 5.74) is 1.86. The van der Waals surface area contributed by atoms with Crippen molar-refractivity contribution in [1.82, 2.24) is 19.6 Å². The van der Waals surface area contributed by atoms with E-state index in [1.54, 1.807) is 17.5 Å². The fraction of sp³-hybridized carbons (Fsp3) is 0.433. The van der Waals surface area contributed by atoms with E-state index in [1.807, 2.05) is 37.3 Å². The molecule has 4 rings (SSSR count). The second-order valence-electron chi connectivity index (χ2n) is 9.95. The number of rotatable bonds is 14. The molecule has 1 atom stereocenters. The maximum Gasteiger partial charge on any atom is 0.277 e. The molecule has 0 radical (unpaired) electrons. The Morgan fingerprint density at radius 1 is 1.07 bits per heavy atom. The molecule has 0 fully saturated rings. The van der Waals surface area contributed by atoms with Gasteiger partial charge in [0, 0.05) is 13.0 Å². The van der Waals surface area contributed by atoms with Crippen LogP contribution < -0.4 is 10.3 Å². The molecular formula is C30H38N4O5S. The van der Waals surface area contributed by atoms with E-state index in [1.165, 1.54) is 12.1 Å². The van der Waals surface area contributed by atoms with Crippen LogP contribution in [0.15, 0.2) is 58.2 Å². The van der Waals surface area contributed by atoms with Gasteiger partial charge < -0.3 is 14.8 Å². The number of aryl methyl sites for hydroxylation is 2. The number of imidazole rings is 1. The molecule has 214 valence electrons. The average molecular weight is 567 g/mol. The maximum absolute atomic E-state index is 13.8. The van der Waals surface area contributed by atoms with Crippen LogP contribution in [0.2, 0.25) is 0 Å². The van der Waals surface area contributed by atoms with Gasteiger partial charge in [-0.3, -0.25) is 4.79 Å². The van der Waals surface area contributed by atoms with Gasteiger partial charge in [0.05, 0.1) is 28.0 Å². The van der Waals surface area contributed by atoms with Crippen LogP contribution in [-0.4, -0.2) is 51.6 Å². The number of aliphatic hydroxyl groups excluding tert-OH is 1. The second-order valence-corrected chi connectivity index (χ2v) is 12.2. The lowest BCUT2D eigenvalue weighted by Crippen LogP contribution is -2.25. The molecule has 0 amide bonds. The first-order valence-corrected chi connectivity index (χ1v) is 15.5. The summed E-state index contributed by atoms with van der Waals surface area (Å²) in [6, 6.07) is 14.0. The van der Waals surface area contributed by atoms with Gasteiger partial charge in [0.25, 0.3) is 5.56 Å². The number of benzene rings is 2. The fourth-order valence-corrected chi connectivity index (χ4v) is 6.71. The lowest BCUT2D eigenvalue weighted by atomic mass is 10.1. The summed E-state index contributed by atoms with van der Waals surface area (Å²) in [5.74, 6) is 1.31. The number of unbranched alkanes of at least 4 members (excludes halogenated alkanes) is 3. The SMILES string of the molecule is CCCCCCc1nc(C)c2c(=O)[nH]c(-c3cc(S(=O)(=O)C(CCO)Cc4ccccc4)ccc3OCC)nn12. The molecule has 2 N–H and O–H groups in total. The first-order valence-electron chi connectivity index (χ1n) is 13.9. The molecule has 40 heavy (non-hydrogen) atoms. The van der Waals surface area contributed by atoms with Crippen LogP contribution in [0, 0.1) is 6.92 Å². The Labute approximate surface area is 235 Å². The standard InChI is InChI=1S/C30H38N4O5S/c1-4-6-7-11-14-27-31-21(3)28-30(36)32-29(33-34(27)28)25-20-23(15-16-26(25)39-5-2)40(37,38)24(17-18-35)19-22-12-9-8-10-13-22/h8-10,12-13,15-16,20,24,35H,4-7,11,14,17-19H2,1-3H3,(H,32,33,36). The lowest BCUT2D eigenvalue weighted by Gasteiger charge is -2.19. The number of H-pyrrole nitrogens is 1. The maximum atomic E-state index is 13.8. The van der Waals surface area contributed by atoms with Crippen molar-refractivity contribution in [2.45, 2.75) is 75.9 Å². The van der Waals surface area contributed by atoms with Gasteiger partial charge in [-0.1, -0.05) is 56.5 Å². The molecule has 4 aromatic rings. The van der Waals surface area contributed by atoms with Crippen LogP contribution in [0.4, 0.5) is 0 Å². The summed E-state index contributed by atoms with van der Waals surface area (Å²) < 4.78 is 35.1. The summed E-state index contributed by atoms with van der Waals surface area (Å²) in [4.78, 5) is 20.7. The number of aliphatic hydroxyl groups is 1. The Balaban J connectivity index is 1.79. The number of aromatic nitrogens is 4. The highest BCUT2D eigenvalue weighted by Crippen LogP contribution is 2.32. The molecule has 2 aromatic heterocycles. The molecule has 2 heterocycles. The van der Waals surface area contributed by atoms with Crippen LogP contribution in [0.25, 0.3) is 16.9 Å². The highest BCUT2D eigenvalue weighted by atomic mass is 32.2. The van der Waals surface area contributed by atoms with E-state index in [2.05, 4.69) is 16.9 Å². The number of sulfone groups is 1. The van der Waals surface area contributed by atoms with Gasteiger partial charge in [0.2, 0.25) is 0 Å². The number of aromatic amines is 1. The molecule has 0 bridgehead atoms. The van der Waals surface area contributed by atoms with E-state index in [4.69, 9.17) is 9.84 Å². The van der Waals surface area contributed by atoms with E-state index in [0.29, 0.717) is 41.4 Å². The molecule has 9 nitrogen and oxygen atoms in total. The van der Waals surface area contributed by atoms with E-state index in [0.717, 1.165) is 31.2 Å². The smallest absolute Gasteiger partial charge is 0.277 e. The minimum absolute atomic E-state index is 0.0738. The van der Waals surface area contributed by atoms with Crippen molar-refractivity contribution >= 4 is 15.4 Å². The van der Waals surface area contributed by atoms with Crippen molar-refractivity contribution in [3.05, 3.63) is 76.0 Å². The quantitative estimate of drug-likeness (QED) is 0.212. The summed E-state index contributed by atoms with van der Waals surface area (Å²) in [6.07, 6.45) is 5.28. The summed E-state index contributed by atoms with van der Waals surface area (Å²) in [6.45, 7) is 5.86. The normalized spacial score (nSPS) is 12.6. The van der Waals surface area contributed by atoms with Gasteiger partial charge in [-0.25, -0.2) is 17.9 Å². The Morgan fingerprint density at radius 2 is 1.85 bits per heavy atom. The lowest BCUT2D eigenvalue weighted by molar-refractivity contribution is 0.285. The minimum Gasteiger partial charge on any atom is -0.493 e. The van der Waals surface area contributed by atoms with Crippen molar-refractivity contribution < 1.29 is 18.3 Å². The van der Waals surface area contributed by atoms with Crippen LogP contribution >= 0.6 is 0 Å². The Hall–Kier alpha value is -3.50. The zero-order valence-corrected chi connectivity index (χ0v) is 24.2. The van der Waals surface area contributed by atoms with Gasteiger partial charge in [0.15, 0.2) is 21.2 Å². The van der Waals surface area contributed by atoms with E-state index in [9.17, 15) is 18.3 Å². The number of hydrogen-bond donors (Lipinski definition) is 2. The number of ether oxygens (including phenoxy) is 1. The summed E-state index contributed by atoms with van der Waals surface area (Å²) in [5, 5.41) is 13.6. The van der Waals surface area contributed by atoms with Crippen molar-refractivity contribution in [1.29, 1.82) is 0 Å². The van der Waals surface area contributed by atoms with Crippen LogP contribution in [0.5, 0.6) is 5.75 Å². The predicted octanol–water partition coefficient (Wildman–Crippen LogP) is 4.68. The monoisotopic (exact) mass is 566 g/mol. The average Bonchev–Trinajstić information content (AvgIpc) is 3.27. The van der Waals surface area contributed by atoms with Crippen molar-refractivity contribution in [2.24, 2.45) is 0 Å². The number of hydrogen-bond acceptors (Lipinski definition) is 7. The first-order chi connectivity index (χ1) is 19.3. The molecule has 10 heteroatoms. The predicted molar refractivity (Wildman–Crippen MR) is 156 cm³/mol. The van der Waals surface area contributed by atoms with Crippen molar-refractivity contribution in [3.63, 3.8) is 0 Å². The number of fused-ring (bicyclic) bond motifs is 1.